The lowest BCUT2D eigenvalue weighted by Crippen LogP contribution is -1.97. The molecule has 80 valence electrons. The molecule has 2 rings (SSSR count). The Balaban J connectivity index is 2.31. The molecule has 2 heterocycles. The Morgan fingerprint density at radius 3 is 2.94 bits per heavy atom. The molecule has 0 aliphatic carbocycles. The van der Waals surface area contributed by atoms with Gasteiger partial charge in [0.25, 0.3) is 0 Å². The Hall–Kier alpha value is -2.03. The van der Waals surface area contributed by atoms with Crippen LogP contribution in [0.2, 0.25) is 0 Å². The van der Waals surface area contributed by atoms with E-state index in [1.165, 1.54) is 0 Å². The summed E-state index contributed by atoms with van der Waals surface area (Å²) in [5.41, 5.74) is 2.94. The van der Waals surface area contributed by atoms with E-state index in [2.05, 4.69) is 15.0 Å². The van der Waals surface area contributed by atoms with Crippen LogP contribution in [-0.4, -0.2) is 16.9 Å². The van der Waals surface area contributed by atoms with Crippen molar-refractivity contribution in [3.8, 4) is 0 Å². The van der Waals surface area contributed by atoms with Gasteiger partial charge in [0.15, 0.2) is 0 Å². The van der Waals surface area contributed by atoms with E-state index in [1.54, 1.807) is 12.4 Å². The molecule has 0 bridgehead atoms. The highest BCUT2D eigenvalue weighted by Crippen LogP contribution is 2.04. The van der Waals surface area contributed by atoms with Crippen molar-refractivity contribution in [3.63, 3.8) is 0 Å². The quantitative estimate of drug-likeness (QED) is 0.703. The number of aromatic nitrogens is 1. The highest BCUT2D eigenvalue weighted by atomic mass is 14.8. The standard InChI is InChI=1S/C13H13N3/c1-11-5-6-12(10-16-11)13-4-2-3-7-14-8-9-15-13/h2,4-10H,3H2,1H3/b4-2+,9-8+,14-7?,15-13-. The summed E-state index contributed by atoms with van der Waals surface area (Å²) in [5.74, 6) is 0. The monoisotopic (exact) mass is 211 g/mol. The van der Waals surface area contributed by atoms with E-state index in [9.17, 15) is 0 Å². The molecule has 0 aromatic carbocycles. The van der Waals surface area contributed by atoms with Crippen LogP contribution in [0.15, 0.2) is 52.9 Å². The smallest absolute Gasteiger partial charge is 0.0715 e. The van der Waals surface area contributed by atoms with Crippen LogP contribution in [-0.2, 0) is 0 Å². The van der Waals surface area contributed by atoms with Gasteiger partial charge in [0, 0.05) is 42.5 Å². The van der Waals surface area contributed by atoms with Crippen molar-refractivity contribution in [2.75, 3.05) is 0 Å². The summed E-state index contributed by atoms with van der Waals surface area (Å²) in [6.07, 6.45) is 11.9. The molecule has 3 heteroatoms. The van der Waals surface area contributed by atoms with Crippen molar-refractivity contribution in [1.29, 1.82) is 0 Å². The van der Waals surface area contributed by atoms with E-state index in [-0.39, 0.29) is 0 Å². The molecule has 0 spiro atoms. The van der Waals surface area contributed by atoms with Crippen LogP contribution >= 0.6 is 0 Å². The fourth-order valence-electron chi connectivity index (χ4n) is 1.35. The molecule has 0 N–H and O–H groups in total. The number of rotatable bonds is 1. The lowest BCUT2D eigenvalue weighted by Gasteiger charge is -2.00. The van der Waals surface area contributed by atoms with Crippen LogP contribution in [0.3, 0.4) is 0 Å². The average Bonchev–Trinajstić information content (AvgIpc) is 2.43. The average molecular weight is 211 g/mol. The maximum atomic E-state index is 4.34. The SMILES string of the molecule is Cc1ccc(C2=N\C=C\N=CC\C=C\2)cn1. The molecule has 1 aliphatic rings. The maximum absolute atomic E-state index is 4.34. The molecule has 16 heavy (non-hydrogen) atoms. The summed E-state index contributed by atoms with van der Waals surface area (Å²) in [5, 5.41) is 0. The molecule has 0 saturated heterocycles. The zero-order valence-corrected chi connectivity index (χ0v) is 9.17. The minimum Gasteiger partial charge on any atom is -0.267 e. The molecule has 0 atom stereocenters. The topological polar surface area (TPSA) is 37.6 Å². The zero-order valence-electron chi connectivity index (χ0n) is 9.17. The number of aryl methyl sites for hydroxylation is 1. The van der Waals surface area contributed by atoms with Crippen LogP contribution in [0, 0.1) is 6.92 Å². The predicted octanol–water partition coefficient (Wildman–Crippen LogP) is 2.68. The lowest BCUT2D eigenvalue weighted by molar-refractivity contribution is 1.19. The molecular weight excluding hydrogens is 198 g/mol. The van der Waals surface area contributed by atoms with Gasteiger partial charge < -0.3 is 0 Å². The van der Waals surface area contributed by atoms with Gasteiger partial charge in [-0.3, -0.25) is 15.0 Å². The van der Waals surface area contributed by atoms with Crippen LogP contribution < -0.4 is 0 Å². The summed E-state index contributed by atoms with van der Waals surface area (Å²) < 4.78 is 0. The van der Waals surface area contributed by atoms with Gasteiger partial charge in [0.05, 0.1) is 5.71 Å². The normalized spacial score (nSPS) is 22.4. The fraction of sp³-hybridized carbons (Fsp3) is 0.154. The molecule has 0 amide bonds. The minimum absolute atomic E-state index is 0.822. The summed E-state index contributed by atoms with van der Waals surface area (Å²) in [6, 6.07) is 4.01. The molecule has 1 aliphatic heterocycles. The van der Waals surface area contributed by atoms with Crippen LogP contribution in [0.4, 0.5) is 0 Å². The number of pyridine rings is 1. The summed E-state index contributed by atoms with van der Waals surface area (Å²) >= 11 is 0. The van der Waals surface area contributed by atoms with Gasteiger partial charge in [-0.25, -0.2) is 0 Å². The largest absolute Gasteiger partial charge is 0.267 e. The number of aliphatic imine (C=N–C) groups is 2. The van der Waals surface area contributed by atoms with E-state index >= 15 is 0 Å². The first-order chi connectivity index (χ1) is 7.86. The molecular formula is C13H13N3. The Bertz CT molecular complexity index is 464. The minimum atomic E-state index is 0.822. The molecule has 0 fully saturated rings. The van der Waals surface area contributed by atoms with Gasteiger partial charge in [-0.05, 0) is 25.1 Å². The number of allylic oxidation sites excluding steroid dienone is 2. The van der Waals surface area contributed by atoms with E-state index in [0.29, 0.717) is 0 Å². The van der Waals surface area contributed by atoms with Gasteiger partial charge in [-0.2, -0.15) is 0 Å². The van der Waals surface area contributed by atoms with E-state index in [0.717, 1.165) is 23.4 Å². The highest BCUT2D eigenvalue weighted by molar-refractivity contribution is 6.08. The van der Waals surface area contributed by atoms with Crippen molar-refractivity contribution in [2.45, 2.75) is 13.3 Å². The second-order valence-corrected chi connectivity index (χ2v) is 3.47. The van der Waals surface area contributed by atoms with Crippen molar-refractivity contribution < 1.29 is 0 Å². The highest BCUT2D eigenvalue weighted by Gasteiger charge is 1.99. The molecule has 1 aromatic rings. The van der Waals surface area contributed by atoms with Gasteiger partial charge in [-0.15, -0.1) is 0 Å². The first-order valence-corrected chi connectivity index (χ1v) is 5.20. The van der Waals surface area contributed by atoms with Crippen LogP contribution in [0.1, 0.15) is 17.7 Å². The Kier molecular flexibility index (Phi) is 3.38. The second-order valence-electron chi connectivity index (χ2n) is 3.47. The fourth-order valence-corrected chi connectivity index (χ4v) is 1.35. The number of hydrogen-bond acceptors (Lipinski definition) is 3. The Morgan fingerprint density at radius 1 is 1.19 bits per heavy atom. The van der Waals surface area contributed by atoms with E-state index < -0.39 is 0 Å². The lowest BCUT2D eigenvalue weighted by atomic mass is 10.1. The van der Waals surface area contributed by atoms with Gasteiger partial charge >= 0.3 is 0 Å². The molecule has 1 aromatic heterocycles. The summed E-state index contributed by atoms with van der Waals surface area (Å²) in [4.78, 5) is 12.7. The summed E-state index contributed by atoms with van der Waals surface area (Å²) in [6.45, 7) is 1.97. The van der Waals surface area contributed by atoms with Gasteiger partial charge in [-0.1, -0.05) is 6.08 Å². The summed E-state index contributed by atoms with van der Waals surface area (Å²) in [7, 11) is 0. The first kappa shape index (κ1) is 10.5. The number of hydrogen-bond donors (Lipinski definition) is 0. The molecule has 0 unspecified atom stereocenters. The molecule has 0 radical (unpaired) electrons. The second kappa shape index (κ2) is 5.16. The zero-order chi connectivity index (χ0) is 11.2. The van der Waals surface area contributed by atoms with Gasteiger partial charge in [0.2, 0.25) is 0 Å². The maximum Gasteiger partial charge on any atom is 0.0715 e. The van der Waals surface area contributed by atoms with Crippen molar-refractivity contribution >= 4 is 11.9 Å². The third kappa shape index (κ3) is 2.73. The molecule has 0 saturated carbocycles. The third-order valence-corrected chi connectivity index (χ3v) is 2.20. The van der Waals surface area contributed by atoms with Crippen LogP contribution in [0.5, 0.6) is 0 Å². The third-order valence-electron chi connectivity index (χ3n) is 2.20. The van der Waals surface area contributed by atoms with E-state index in [1.807, 2.05) is 43.6 Å². The Morgan fingerprint density at radius 2 is 2.12 bits per heavy atom. The first-order valence-electron chi connectivity index (χ1n) is 5.20. The van der Waals surface area contributed by atoms with Crippen molar-refractivity contribution in [2.24, 2.45) is 9.98 Å². The predicted molar refractivity (Wildman–Crippen MR) is 66.9 cm³/mol. The van der Waals surface area contributed by atoms with Crippen molar-refractivity contribution in [3.05, 3.63) is 54.1 Å². The van der Waals surface area contributed by atoms with Crippen molar-refractivity contribution in [1.82, 2.24) is 4.98 Å². The van der Waals surface area contributed by atoms with E-state index in [4.69, 9.17) is 0 Å². The van der Waals surface area contributed by atoms with Gasteiger partial charge in [0.1, 0.15) is 0 Å². The Labute approximate surface area is 95.0 Å². The van der Waals surface area contributed by atoms with Crippen LogP contribution in [0.25, 0.3) is 0 Å². The number of nitrogens with zero attached hydrogens (tertiary/aromatic N) is 3. The molecule has 3 nitrogen and oxygen atoms in total.